The van der Waals surface area contributed by atoms with Crippen molar-refractivity contribution in [3.63, 3.8) is 0 Å². The highest BCUT2D eigenvalue weighted by Crippen LogP contribution is 2.17. The van der Waals surface area contributed by atoms with E-state index in [1.807, 2.05) is 19.1 Å². The Labute approximate surface area is 105 Å². The van der Waals surface area contributed by atoms with E-state index in [2.05, 4.69) is 10.3 Å². The molecular weight excluding hydrogens is 228 g/mol. The van der Waals surface area contributed by atoms with E-state index in [1.165, 1.54) is 0 Å². The summed E-state index contributed by atoms with van der Waals surface area (Å²) in [6.45, 7) is 1.85. The van der Waals surface area contributed by atoms with Crippen molar-refractivity contribution in [3.8, 4) is 0 Å². The number of anilines is 1. The molecular formula is C14H14N2O2. The van der Waals surface area contributed by atoms with Crippen LogP contribution < -0.4 is 5.32 Å². The molecule has 1 amide bonds. The van der Waals surface area contributed by atoms with Gasteiger partial charge in [0.1, 0.15) is 5.69 Å². The lowest BCUT2D eigenvalue weighted by atomic mass is 10.1. The number of carbonyl (C=O) groups excluding carboxylic acids is 1. The molecule has 0 aliphatic rings. The largest absolute Gasteiger partial charge is 0.392 e. The molecule has 4 nitrogen and oxygen atoms in total. The van der Waals surface area contributed by atoms with Crippen molar-refractivity contribution in [2.75, 3.05) is 5.32 Å². The van der Waals surface area contributed by atoms with E-state index in [1.54, 1.807) is 30.5 Å². The van der Waals surface area contributed by atoms with Gasteiger partial charge in [0.25, 0.3) is 5.91 Å². The van der Waals surface area contributed by atoms with Crippen LogP contribution in [0.5, 0.6) is 0 Å². The molecule has 1 aromatic heterocycles. The second-order valence-corrected chi connectivity index (χ2v) is 3.98. The first kappa shape index (κ1) is 12.3. The lowest BCUT2D eigenvalue weighted by molar-refractivity contribution is 0.102. The zero-order chi connectivity index (χ0) is 13.0. The number of carbonyl (C=O) groups is 1. The van der Waals surface area contributed by atoms with Crippen LogP contribution in [0, 0.1) is 6.92 Å². The van der Waals surface area contributed by atoms with Crippen LogP contribution in [0.1, 0.15) is 21.6 Å². The van der Waals surface area contributed by atoms with Crippen molar-refractivity contribution in [1.82, 2.24) is 4.98 Å². The monoisotopic (exact) mass is 242 g/mol. The lowest BCUT2D eigenvalue weighted by Gasteiger charge is -2.09. The molecule has 92 valence electrons. The van der Waals surface area contributed by atoms with Gasteiger partial charge in [0, 0.05) is 11.9 Å². The van der Waals surface area contributed by atoms with E-state index in [9.17, 15) is 4.79 Å². The molecule has 0 radical (unpaired) electrons. The Morgan fingerprint density at radius 2 is 2.17 bits per heavy atom. The van der Waals surface area contributed by atoms with Crippen LogP contribution >= 0.6 is 0 Å². The average molecular weight is 242 g/mol. The molecule has 0 saturated carbocycles. The van der Waals surface area contributed by atoms with Crippen LogP contribution in [0.15, 0.2) is 42.6 Å². The summed E-state index contributed by atoms with van der Waals surface area (Å²) in [5, 5.41) is 11.9. The van der Waals surface area contributed by atoms with E-state index in [-0.39, 0.29) is 12.5 Å². The number of nitrogens with zero attached hydrogens (tertiary/aromatic N) is 1. The second-order valence-electron chi connectivity index (χ2n) is 3.98. The van der Waals surface area contributed by atoms with Crippen molar-refractivity contribution < 1.29 is 9.90 Å². The minimum atomic E-state index is -0.256. The first-order valence-electron chi connectivity index (χ1n) is 5.63. The predicted octanol–water partition coefficient (Wildman–Crippen LogP) is 2.13. The molecule has 1 aromatic carbocycles. The summed E-state index contributed by atoms with van der Waals surface area (Å²) in [6.07, 6.45) is 1.58. The lowest BCUT2D eigenvalue weighted by Crippen LogP contribution is -2.14. The fourth-order valence-corrected chi connectivity index (χ4v) is 1.59. The summed E-state index contributed by atoms with van der Waals surface area (Å²) in [5.41, 5.74) is 2.76. The zero-order valence-electron chi connectivity index (χ0n) is 10.1. The first-order valence-corrected chi connectivity index (χ1v) is 5.63. The normalized spacial score (nSPS) is 10.1. The van der Waals surface area contributed by atoms with Gasteiger partial charge in [-0.2, -0.15) is 0 Å². The van der Waals surface area contributed by atoms with Crippen LogP contribution in [-0.2, 0) is 6.61 Å². The third-order valence-electron chi connectivity index (χ3n) is 2.63. The molecule has 0 fully saturated rings. The molecule has 0 unspecified atom stereocenters. The number of nitrogens with one attached hydrogen (secondary N) is 1. The van der Waals surface area contributed by atoms with Crippen molar-refractivity contribution in [2.24, 2.45) is 0 Å². The summed E-state index contributed by atoms with van der Waals surface area (Å²) in [5.74, 6) is -0.256. The van der Waals surface area contributed by atoms with Gasteiger partial charge in [-0.05, 0) is 36.2 Å². The smallest absolute Gasteiger partial charge is 0.274 e. The first-order chi connectivity index (χ1) is 8.70. The minimum Gasteiger partial charge on any atom is -0.392 e. The maximum Gasteiger partial charge on any atom is 0.274 e. The topological polar surface area (TPSA) is 62.2 Å². The summed E-state index contributed by atoms with van der Waals surface area (Å²) < 4.78 is 0. The molecule has 0 spiro atoms. The Hall–Kier alpha value is -2.20. The van der Waals surface area contributed by atoms with Crippen molar-refractivity contribution >= 4 is 11.6 Å². The van der Waals surface area contributed by atoms with Crippen LogP contribution in [0.25, 0.3) is 0 Å². The molecule has 18 heavy (non-hydrogen) atoms. The number of aromatic nitrogens is 1. The fourth-order valence-electron chi connectivity index (χ4n) is 1.59. The molecule has 2 rings (SSSR count). The van der Waals surface area contributed by atoms with E-state index >= 15 is 0 Å². The molecule has 2 aromatic rings. The standard InChI is InChI=1S/C14H14N2O2/c1-10-5-6-11(9-17)8-13(10)16-14(18)12-4-2-3-7-15-12/h2-8,17H,9H2,1H3,(H,16,18). The molecule has 0 saturated heterocycles. The van der Waals surface area contributed by atoms with Crippen LogP contribution in [0.2, 0.25) is 0 Å². The zero-order valence-corrected chi connectivity index (χ0v) is 10.1. The fraction of sp³-hybridized carbons (Fsp3) is 0.143. The van der Waals surface area contributed by atoms with Crippen LogP contribution in [0.3, 0.4) is 0 Å². The van der Waals surface area contributed by atoms with Gasteiger partial charge in [-0.1, -0.05) is 18.2 Å². The van der Waals surface area contributed by atoms with Crippen LogP contribution in [0.4, 0.5) is 5.69 Å². The summed E-state index contributed by atoms with van der Waals surface area (Å²) >= 11 is 0. The number of aryl methyl sites for hydroxylation is 1. The maximum absolute atomic E-state index is 11.9. The molecule has 2 N–H and O–H groups in total. The number of hydrogen-bond donors (Lipinski definition) is 2. The van der Waals surface area contributed by atoms with Crippen LogP contribution in [-0.4, -0.2) is 16.0 Å². The van der Waals surface area contributed by atoms with Crippen molar-refractivity contribution in [1.29, 1.82) is 0 Å². The molecule has 1 heterocycles. The van der Waals surface area contributed by atoms with E-state index in [4.69, 9.17) is 5.11 Å². The average Bonchev–Trinajstić information content (AvgIpc) is 2.42. The van der Waals surface area contributed by atoms with E-state index < -0.39 is 0 Å². The highest BCUT2D eigenvalue weighted by Gasteiger charge is 2.08. The Morgan fingerprint density at radius 1 is 1.33 bits per heavy atom. The van der Waals surface area contributed by atoms with Gasteiger partial charge >= 0.3 is 0 Å². The number of aliphatic hydroxyl groups is 1. The van der Waals surface area contributed by atoms with Gasteiger partial charge < -0.3 is 10.4 Å². The minimum absolute atomic E-state index is 0.0489. The highest BCUT2D eigenvalue weighted by molar-refractivity contribution is 6.03. The number of benzene rings is 1. The Kier molecular flexibility index (Phi) is 3.69. The summed E-state index contributed by atoms with van der Waals surface area (Å²) in [6, 6.07) is 10.6. The summed E-state index contributed by atoms with van der Waals surface area (Å²) in [4.78, 5) is 15.9. The van der Waals surface area contributed by atoms with Gasteiger partial charge in [0.15, 0.2) is 0 Å². The Morgan fingerprint density at radius 3 is 2.83 bits per heavy atom. The quantitative estimate of drug-likeness (QED) is 0.866. The van der Waals surface area contributed by atoms with E-state index in [0.717, 1.165) is 11.1 Å². The Balaban J connectivity index is 2.21. The molecule has 0 bridgehead atoms. The van der Waals surface area contributed by atoms with Crippen molar-refractivity contribution in [2.45, 2.75) is 13.5 Å². The van der Waals surface area contributed by atoms with Gasteiger partial charge in [0.2, 0.25) is 0 Å². The maximum atomic E-state index is 11.9. The second kappa shape index (κ2) is 5.42. The number of pyridine rings is 1. The summed E-state index contributed by atoms with van der Waals surface area (Å²) in [7, 11) is 0. The predicted molar refractivity (Wildman–Crippen MR) is 69.3 cm³/mol. The highest BCUT2D eigenvalue weighted by atomic mass is 16.3. The number of rotatable bonds is 3. The third kappa shape index (κ3) is 2.73. The van der Waals surface area contributed by atoms with E-state index in [0.29, 0.717) is 11.4 Å². The molecule has 0 atom stereocenters. The van der Waals surface area contributed by atoms with Gasteiger partial charge in [-0.15, -0.1) is 0 Å². The molecule has 0 aliphatic carbocycles. The number of amides is 1. The van der Waals surface area contributed by atoms with Gasteiger partial charge in [-0.25, -0.2) is 0 Å². The SMILES string of the molecule is Cc1ccc(CO)cc1NC(=O)c1ccccn1. The van der Waals surface area contributed by atoms with Crippen molar-refractivity contribution in [3.05, 3.63) is 59.4 Å². The van der Waals surface area contributed by atoms with Gasteiger partial charge in [-0.3, -0.25) is 9.78 Å². The number of aliphatic hydroxyl groups excluding tert-OH is 1. The van der Waals surface area contributed by atoms with Gasteiger partial charge in [0.05, 0.1) is 6.61 Å². The third-order valence-corrected chi connectivity index (χ3v) is 2.63. The Bertz CT molecular complexity index is 553. The molecule has 4 heteroatoms. The number of hydrogen-bond acceptors (Lipinski definition) is 3. The molecule has 0 aliphatic heterocycles.